The molecule has 0 saturated carbocycles. The number of nitrogens with one attached hydrogen (secondary N) is 1. The van der Waals surface area contributed by atoms with E-state index in [0.717, 1.165) is 17.1 Å². The van der Waals surface area contributed by atoms with E-state index in [1.54, 1.807) is 19.5 Å². The molecule has 1 aromatic heterocycles. The molecule has 1 heterocycles. The fourth-order valence-electron chi connectivity index (χ4n) is 1.87. The second-order valence-electron chi connectivity index (χ2n) is 4.69. The van der Waals surface area contributed by atoms with Crippen molar-refractivity contribution in [3.8, 4) is 11.5 Å². The molecule has 1 N–H and O–H groups in total. The molecule has 0 bridgehead atoms. The molecule has 0 unspecified atom stereocenters. The first kappa shape index (κ1) is 17.1. The number of methoxy groups -OCH3 is 1. The van der Waals surface area contributed by atoms with E-state index in [9.17, 15) is 4.79 Å². The molecule has 122 valence electrons. The van der Waals surface area contributed by atoms with E-state index >= 15 is 0 Å². The first-order valence-corrected chi connectivity index (χ1v) is 8.44. The van der Waals surface area contributed by atoms with Crippen molar-refractivity contribution < 1.29 is 14.3 Å². The Kier molecular flexibility index (Phi) is 7.26. The Morgan fingerprint density at radius 2 is 2.04 bits per heavy atom. The van der Waals surface area contributed by atoms with Gasteiger partial charge in [-0.25, -0.2) is 0 Å². The molecule has 0 radical (unpaired) electrons. The highest BCUT2D eigenvalue weighted by Gasteiger charge is 2.04. The van der Waals surface area contributed by atoms with E-state index in [4.69, 9.17) is 9.47 Å². The molecule has 6 heteroatoms. The number of hydrogen-bond acceptors (Lipinski definition) is 5. The smallest absolute Gasteiger partial charge is 0.230 e. The van der Waals surface area contributed by atoms with Crippen molar-refractivity contribution in [2.45, 2.75) is 6.54 Å². The van der Waals surface area contributed by atoms with Gasteiger partial charge < -0.3 is 14.8 Å². The van der Waals surface area contributed by atoms with Crippen LogP contribution in [-0.4, -0.2) is 36.1 Å². The van der Waals surface area contributed by atoms with Gasteiger partial charge in [0.2, 0.25) is 5.91 Å². The van der Waals surface area contributed by atoms with Crippen LogP contribution in [0.4, 0.5) is 0 Å². The fourth-order valence-corrected chi connectivity index (χ4v) is 2.50. The zero-order valence-electron chi connectivity index (χ0n) is 13.0. The number of nitrogens with zero attached hydrogens (tertiary/aromatic N) is 1. The molecular formula is C17H20N2O3S. The van der Waals surface area contributed by atoms with Gasteiger partial charge in [-0.05, 0) is 23.8 Å². The highest BCUT2D eigenvalue weighted by Crippen LogP contribution is 2.25. The van der Waals surface area contributed by atoms with Gasteiger partial charge in [-0.1, -0.05) is 18.2 Å². The SMILES string of the molecule is COc1ccccc1OCCSCC(=O)NCc1cccnc1. The lowest BCUT2D eigenvalue weighted by molar-refractivity contribution is -0.118. The summed E-state index contributed by atoms with van der Waals surface area (Å²) >= 11 is 1.54. The number of rotatable bonds is 9. The lowest BCUT2D eigenvalue weighted by Gasteiger charge is -2.10. The van der Waals surface area contributed by atoms with Crippen LogP contribution >= 0.6 is 11.8 Å². The number of thioether (sulfide) groups is 1. The van der Waals surface area contributed by atoms with E-state index in [1.165, 1.54) is 11.8 Å². The zero-order chi connectivity index (χ0) is 16.3. The number of aromatic nitrogens is 1. The second-order valence-corrected chi connectivity index (χ2v) is 5.80. The van der Waals surface area contributed by atoms with E-state index < -0.39 is 0 Å². The molecule has 0 fully saturated rings. The molecule has 2 rings (SSSR count). The second kappa shape index (κ2) is 9.74. The van der Waals surface area contributed by atoms with Crippen molar-refractivity contribution in [2.75, 3.05) is 25.2 Å². The van der Waals surface area contributed by atoms with Crippen molar-refractivity contribution in [1.29, 1.82) is 0 Å². The van der Waals surface area contributed by atoms with Gasteiger partial charge in [-0.3, -0.25) is 9.78 Å². The summed E-state index contributed by atoms with van der Waals surface area (Å²) in [6.45, 7) is 1.03. The van der Waals surface area contributed by atoms with E-state index in [0.29, 0.717) is 24.7 Å². The summed E-state index contributed by atoms with van der Waals surface area (Å²) in [5.41, 5.74) is 0.991. The molecule has 0 saturated heterocycles. The third-order valence-corrected chi connectivity index (χ3v) is 3.92. The molecular weight excluding hydrogens is 312 g/mol. The van der Waals surface area contributed by atoms with Crippen LogP contribution in [0.5, 0.6) is 11.5 Å². The van der Waals surface area contributed by atoms with Gasteiger partial charge in [0.05, 0.1) is 19.5 Å². The van der Waals surface area contributed by atoms with Gasteiger partial charge in [-0.15, -0.1) is 11.8 Å². The van der Waals surface area contributed by atoms with Crippen LogP contribution in [0.2, 0.25) is 0 Å². The minimum absolute atomic E-state index is 0.0103. The highest BCUT2D eigenvalue weighted by atomic mass is 32.2. The van der Waals surface area contributed by atoms with Crippen LogP contribution in [0, 0.1) is 0 Å². The van der Waals surface area contributed by atoms with Gasteiger partial charge in [0.25, 0.3) is 0 Å². The summed E-state index contributed by atoms with van der Waals surface area (Å²) in [5, 5.41) is 2.87. The molecule has 0 aliphatic heterocycles. The number of benzene rings is 1. The Morgan fingerprint density at radius 3 is 2.78 bits per heavy atom. The van der Waals surface area contributed by atoms with Crippen molar-refractivity contribution in [3.63, 3.8) is 0 Å². The Morgan fingerprint density at radius 1 is 1.22 bits per heavy atom. The van der Waals surface area contributed by atoms with Gasteiger partial charge in [0, 0.05) is 24.7 Å². The molecule has 0 aliphatic rings. The highest BCUT2D eigenvalue weighted by molar-refractivity contribution is 7.99. The average molecular weight is 332 g/mol. The van der Waals surface area contributed by atoms with E-state index in [2.05, 4.69) is 10.3 Å². The number of hydrogen-bond donors (Lipinski definition) is 1. The van der Waals surface area contributed by atoms with Crippen LogP contribution in [0.3, 0.4) is 0 Å². The summed E-state index contributed by atoms with van der Waals surface area (Å²) < 4.78 is 10.9. The first-order chi connectivity index (χ1) is 11.3. The van der Waals surface area contributed by atoms with Crippen LogP contribution in [0.25, 0.3) is 0 Å². The average Bonchev–Trinajstić information content (AvgIpc) is 2.61. The van der Waals surface area contributed by atoms with Crippen molar-refractivity contribution in [1.82, 2.24) is 10.3 Å². The maximum Gasteiger partial charge on any atom is 0.230 e. The molecule has 0 aliphatic carbocycles. The molecule has 5 nitrogen and oxygen atoms in total. The topological polar surface area (TPSA) is 60.5 Å². The van der Waals surface area contributed by atoms with Crippen LogP contribution < -0.4 is 14.8 Å². The zero-order valence-corrected chi connectivity index (χ0v) is 13.8. The maximum atomic E-state index is 11.7. The van der Waals surface area contributed by atoms with Crippen molar-refractivity contribution in [2.24, 2.45) is 0 Å². The standard InChI is InChI=1S/C17H20N2O3S/c1-21-15-6-2-3-7-16(15)22-9-10-23-13-17(20)19-12-14-5-4-8-18-11-14/h2-8,11H,9-10,12-13H2,1H3,(H,19,20). The predicted octanol–water partition coefficient (Wildman–Crippen LogP) is 2.52. The summed E-state index contributed by atoms with van der Waals surface area (Å²) in [6.07, 6.45) is 3.46. The third kappa shape index (κ3) is 6.20. The predicted molar refractivity (Wildman–Crippen MR) is 91.9 cm³/mol. The van der Waals surface area contributed by atoms with Gasteiger partial charge >= 0.3 is 0 Å². The number of carbonyl (C=O) groups excluding carboxylic acids is 1. The van der Waals surface area contributed by atoms with Crippen LogP contribution in [0.15, 0.2) is 48.8 Å². The third-order valence-electron chi connectivity index (χ3n) is 3.00. The quantitative estimate of drug-likeness (QED) is 0.715. The normalized spacial score (nSPS) is 10.1. The largest absolute Gasteiger partial charge is 0.493 e. The minimum atomic E-state index is 0.0103. The number of ether oxygens (including phenoxy) is 2. The molecule has 2 aromatic rings. The number of amides is 1. The number of para-hydroxylation sites is 2. The van der Waals surface area contributed by atoms with Gasteiger partial charge in [-0.2, -0.15) is 0 Å². The molecule has 1 aromatic carbocycles. The first-order valence-electron chi connectivity index (χ1n) is 7.29. The lowest BCUT2D eigenvalue weighted by Crippen LogP contribution is -2.25. The Hall–Kier alpha value is -2.21. The fraction of sp³-hybridized carbons (Fsp3) is 0.294. The number of pyridine rings is 1. The van der Waals surface area contributed by atoms with Crippen molar-refractivity contribution >= 4 is 17.7 Å². The number of carbonyl (C=O) groups is 1. The Balaban J connectivity index is 1.59. The Bertz CT molecular complexity index is 608. The van der Waals surface area contributed by atoms with Gasteiger partial charge in [0.1, 0.15) is 0 Å². The monoisotopic (exact) mass is 332 g/mol. The summed E-state index contributed by atoms with van der Waals surface area (Å²) in [6, 6.07) is 11.3. The minimum Gasteiger partial charge on any atom is -0.493 e. The van der Waals surface area contributed by atoms with Crippen LogP contribution in [0.1, 0.15) is 5.56 Å². The molecule has 0 atom stereocenters. The summed E-state index contributed by atoms with van der Waals surface area (Å²) in [5.74, 6) is 2.59. The molecule has 0 spiro atoms. The molecule has 1 amide bonds. The van der Waals surface area contributed by atoms with E-state index in [1.807, 2.05) is 36.4 Å². The van der Waals surface area contributed by atoms with Crippen LogP contribution in [-0.2, 0) is 11.3 Å². The van der Waals surface area contributed by atoms with Gasteiger partial charge in [0.15, 0.2) is 11.5 Å². The van der Waals surface area contributed by atoms with Crippen molar-refractivity contribution in [3.05, 3.63) is 54.4 Å². The van der Waals surface area contributed by atoms with E-state index in [-0.39, 0.29) is 5.91 Å². The summed E-state index contributed by atoms with van der Waals surface area (Å²) in [4.78, 5) is 15.7. The molecule has 23 heavy (non-hydrogen) atoms. The Labute approximate surface area is 140 Å². The maximum absolute atomic E-state index is 11.7. The summed E-state index contributed by atoms with van der Waals surface area (Å²) in [7, 11) is 1.61. The lowest BCUT2D eigenvalue weighted by atomic mass is 10.3.